The first-order valence-corrected chi connectivity index (χ1v) is 6.61. The van der Waals surface area contributed by atoms with Gasteiger partial charge in [-0.1, -0.05) is 0 Å². The van der Waals surface area contributed by atoms with Crippen molar-refractivity contribution in [2.45, 2.75) is 33.2 Å². The van der Waals surface area contributed by atoms with Gasteiger partial charge in [0.15, 0.2) is 11.4 Å². The molecule has 5 heteroatoms. The average molecular weight is 270 g/mol. The third-order valence-corrected chi connectivity index (χ3v) is 2.90. The summed E-state index contributed by atoms with van der Waals surface area (Å²) in [5, 5.41) is 3.49. The predicted octanol–water partition coefficient (Wildman–Crippen LogP) is 3.51. The predicted molar refractivity (Wildman–Crippen MR) is 78.8 cm³/mol. The summed E-state index contributed by atoms with van der Waals surface area (Å²) < 4.78 is 7.71. The van der Waals surface area contributed by atoms with Gasteiger partial charge < -0.3 is 9.73 Å². The third-order valence-electron chi connectivity index (χ3n) is 2.90. The minimum absolute atomic E-state index is 0.0738. The van der Waals surface area contributed by atoms with Gasteiger partial charge in [0.2, 0.25) is 0 Å². The van der Waals surface area contributed by atoms with E-state index in [1.807, 2.05) is 29.7 Å². The van der Waals surface area contributed by atoms with Crippen LogP contribution in [0.3, 0.4) is 0 Å². The highest BCUT2D eigenvalue weighted by Gasteiger charge is 2.20. The van der Waals surface area contributed by atoms with Crippen LogP contribution in [0.25, 0.3) is 17.1 Å². The number of rotatable bonds is 2. The third kappa shape index (κ3) is 2.27. The molecular formula is C15H18N4O. The average Bonchev–Trinajstić information content (AvgIpc) is 2.93. The zero-order valence-corrected chi connectivity index (χ0v) is 12.1. The molecule has 0 spiro atoms. The maximum absolute atomic E-state index is 5.72. The Morgan fingerprint density at radius 3 is 2.70 bits per heavy atom. The molecule has 3 heterocycles. The summed E-state index contributed by atoms with van der Waals surface area (Å²) in [5.74, 6) is 2.55. The molecule has 3 aromatic rings. The van der Waals surface area contributed by atoms with Crippen molar-refractivity contribution < 1.29 is 4.42 Å². The molecule has 5 nitrogen and oxygen atoms in total. The first-order valence-electron chi connectivity index (χ1n) is 6.61. The normalized spacial score (nSPS) is 12.0. The Labute approximate surface area is 117 Å². The monoisotopic (exact) mass is 270 g/mol. The summed E-state index contributed by atoms with van der Waals surface area (Å²) >= 11 is 0. The van der Waals surface area contributed by atoms with Crippen molar-refractivity contribution in [2.24, 2.45) is 0 Å². The molecule has 0 aliphatic carbocycles. The van der Waals surface area contributed by atoms with Gasteiger partial charge in [0, 0.05) is 17.9 Å². The molecule has 0 saturated carbocycles. The Morgan fingerprint density at radius 1 is 1.25 bits per heavy atom. The lowest BCUT2D eigenvalue weighted by atomic mass is 10.1. The first-order chi connectivity index (χ1) is 9.44. The topological polar surface area (TPSA) is 55.4 Å². The van der Waals surface area contributed by atoms with Crippen LogP contribution in [0.2, 0.25) is 0 Å². The maximum atomic E-state index is 5.72. The van der Waals surface area contributed by atoms with Crippen molar-refractivity contribution in [1.82, 2.24) is 14.4 Å². The fraction of sp³-hybridized carbons (Fsp3) is 0.333. The summed E-state index contributed by atoms with van der Waals surface area (Å²) in [5.41, 5.74) is 1.53. The zero-order valence-electron chi connectivity index (χ0n) is 12.1. The highest BCUT2D eigenvalue weighted by atomic mass is 16.3. The molecule has 20 heavy (non-hydrogen) atoms. The minimum Gasteiger partial charge on any atom is -0.460 e. The molecule has 0 bridgehead atoms. The van der Waals surface area contributed by atoms with E-state index >= 15 is 0 Å². The summed E-state index contributed by atoms with van der Waals surface area (Å²) in [4.78, 5) is 8.75. The molecule has 0 atom stereocenters. The molecule has 0 amide bonds. The van der Waals surface area contributed by atoms with Crippen LogP contribution in [0.1, 0.15) is 26.5 Å². The van der Waals surface area contributed by atoms with Crippen LogP contribution in [0.15, 0.2) is 35.1 Å². The second-order valence-corrected chi connectivity index (χ2v) is 5.90. The smallest absolute Gasteiger partial charge is 0.157 e. The number of fused-ring (bicyclic) bond motifs is 1. The second kappa shape index (κ2) is 4.37. The number of anilines is 1. The van der Waals surface area contributed by atoms with Crippen LogP contribution in [-0.2, 0) is 0 Å². The van der Waals surface area contributed by atoms with Crippen molar-refractivity contribution >= 4 is 11.5 Å². The highest BCUT2D eigenvalue weighted by Crippen LogP contribution is 2.31. The molecule has 3 rings (SSSR count). The van der Waals surface area contributed by atoms with Crippen molar-refractivity contribution in [3.05, 3.63) is 36.5 Å². The van der Waals surface area contributed by atoms with Gasteiger partial charge in [-0.2, -0.15) is 0 Å². The zero-order chi connectivity index (χ0) is 14.3. The molecule has 0 aromatic carbocycles. The van der Waals surface area contributed by atoms with Gasteiger partial charge in [-0.15, -0.1) is 0 Å². The molecular weight excluding hydrogens is 252 g/mol. The maximum Gasteiger partial charge on any atom is 0.157 e. The molecule has 104 valence electrons. The standard InChI is InChI=1S/C15H18N4O/c1-10-5-6-11(20-10)13-14(18-15(2,3)4)19-8-7-16-9-12(19)17-13/h5-9,18H,1-4H3. The molecule has 0 unspecified atom stereocenters. The summed E-state index contributed by atoms with van der Waals surface area (Å²) in [6.07, 6.45) is 5.39. The van der Waals surface area contributed by atoms with Crippen molar-refractivity contribution in [2.75, 3.05) is 5.32 Å². The van der Waals surface area contributed by atoms with E-state index in [0.717, 1.165) is 28.7 Å². The van der Waals surface area contributed by atoms with Crippen LogP contribution in [0.4, 0.5) is 5.82 Å². The SMILES string of the molecule is Cc1ccc(-c2nc3cnccn3c2NC(C)(C)C)o1. The van der Waals surface area contributed by atoms with Crippen LogP contribution < -0.4 is 5.32 Å². The van der Waals surface area contributed by atoms with Gasteiger partial charge in [-0.25, -0.2) is 4.98 Å². The molecule has 1 N–H and O–H groups in total. The van der Waals surface area contributed by atoms with E-state index in [1.54, 1.807) is 12.4 Å². The molecule has 0 fully saturated rings. The van der Waals surface area contributed by atoms with E-state index in [-0.39, 0.29) is 5.54 Å². The largest absolute Gasteiger partial charge is 0.460 e. The fourth-order valence-corrected chi connectivity index (χ4v) is 2.12. The second-order valence-electron chi connectivity index (χ2n) is 5.90. The van der Waals surface area contributed by atoms with Gasteiger partial charge in [-0.05, 0) is 39.8 Å². The number of hydrogen-bond acceptors (Lipinski definition) is 4. The summed E-state index contributed by atoms with van der Waals surface area (Å²) in [6.45, 7) is 8.28. The number of nitrogens with one attached hydrogen (secondary N) is 1. The van der Waals surface area contributed by atoms with Crippen molar-refractivity contribution in [3.63, 3.8) is 0 Å². The number of aromatic nitrogens is 3. The Morgan fingerprint density at radius 2 is 2.05 bits per heavy atom. The minimum atomic E-state index is -0.0738. The van der Waals surface area contributed by atoms with Gasteiger partial charge >= 0.3 is 0 Å². The van der Waals surface area contributed by atoms with Gasteiger partial charge in [0.25, 0.3) is 0 Å². The lowest BCUT2D eigenvalue weighted by molar-refractivity contribution is 0.546. The van der Waals surface area contributed by atoms with Crippen LogP contribution in [0, 0.1) is 6.92 Å². The van der Waals surface area contributed by atoms with Gasteiger partial charge in [-0.3, -0.25) is 9.38 Å². The lowest BCUT2D eigenvalue weighted by Gasteiger charge is -2.22. The van der Waals surface area contributed by atoms with Crippen LogP contribution in [0.5, 0.6) is 0 Å². The van der Waals surface area contributed by atoms with Crippen LogP contribution in [-0.4, -0.2) is 19.9 Å². The molecule has 3 aromatic heterocycles. The molecule has 0 radical (unpaired) electrons. The Hall–Kier alpha value is -2.30. The van der Waals surface area contributed by atoms with E-state index in [2.05, 4.69) is 36.1 Å². The van der Waals surface area contributed by atoms with Crippen molar-refractivity contribution in [3.8, 4) is 11.5 Å². The number of imidazole rings is 1. The number of furan rings is 1. The van der Waals surface area contributed by atoms with E-state index in [1.165, 1.54) is 0 Å². The van der Waals surface area contributed by atoms with E-state index in [9.17, 15) is 0 Å². The molecule has 0 aliphatic rings. The Balaban J connectivity index is 2.22. The fourth-order valence-electron chi connectivity index (χ4n) is 2.12. The molecule has 0 aliphatic heterocycles. The summed E-state index contributed by atoms with van der Waals surface area (Å²) in [7, 11) is 0. The Kier molecular flexibility index (Phi) is 2.78. The van der Waals surface area contributed by atoms with Crippen LogP contribution >= 0.6 is 0 Å². The number of nitrogens with zero attached hydrogens (tertiary/aromatic N) is 3. The highest BCUT2D eigenvalue weighted by molar-refractivity contribution is 5.73. The lowest BCUT2D eigenvalue weighted by Crippen LogP contribution is -2.27. The van der Waals surface area contributed by atoms with Crippen molar-refractivity contribution in [1.29, 1.82) is 0 Å². The summed E-state index contributed by atoms with van der Waals surface area (Å²) in [6, 6.07) is 3.89. The van der Waals surface area contributed by atoms with E-state index in [4.69, 9.17) is 4.42 Å². The first kappa shape index (κ1) is 12.7. The van der Waals surface area contributed by atoms with E-state index < -0.39 is 0 Å². The van der Waals surface area contributed by atoms with E-state index in [0.29, 0.717) is 0 Å². The number of aryl methyl sites for hydroxylation is 1. The Bertz CT molecular complexity index is 749. The van der Waals surface area contributed by atoms with Gasteiger partial charge in [0.1, 0.15) is 17.3 Å². The van der Waals surface area contributed by atoms with Gasteiger partial charge in [0.05, 0.1) is 6.20 Å². The quantitative estimate of drug-likeness (QED) is 0.774. The molecule has 0 saturated heterocycles. The number of hydrogen-bond donors (Lipinski definition) is 1.